The number of rotatable bonds is 4. The first-order chi connectivity index (χ1) is 7.88. The molecule has 1 aliphatic rings. The Bertz CT molecular complexity index is 361. The first kappa shape index (κ1) is 14.4. The zero-order valence-corrected chi connectivity index (χ0v) is 11.6. The highest BCUT2D eigenvalue weighted by Crippen LogP contribution is 2.15. The van der Waals surface area contributed by atoms with Gasteiger partial charge in [-0.2, -0.15) is 0 Å². The highest BCUT2D eigenvalue weighted by molar-refractivity contribution is 7.92. The molecule has 1 unspecified atom stereocenters. The van der Waals surface area contributed by atoms with Gasteiger partial charge in [-0.15, -0.1) is 0 Å². The summed E-state index contributed by atoms with van der Waals surface area (Å²) in [6.45, 7) is 5.73. The number of nitrogens with one attached hydrogen (secondary N) is 1. The van der Waals surface area contributed by atoms with Gasteiger partial charge in [-0.25, -0.2) is 8.42 Å². The van der Waals surface area contributed by atoms with Crippen LogP contribution in [0.5, 0.6) is 0 Å². The molecule has 0 spiro atoms. The molecule has 0 aliphatic carbocycles. The van der Waals surface area contributed by atoms with Crippen LogP contribution >= 0.6 is 0 Å². The van der Waals surface area contributed by atoms with Crippen LogP contribution in [0.1, 0.15) is 26.7 Å². The second-order valence-corrected chi connectivity index (χ2v) is 6.94. The van der Waals surface area contributed by atoms with Gasteiger partial charge in [0.05, 0.1) is 0 Å². The molecule has 100 valence electrons. The van der Waals surface area contributed by atoms with Crippen molar-refractivity contribution in [2.75, 3.05) is 25.9 Å². The van der Waals surface area contributed by atoms with E-state index in [1.807, 2.05) is 6.92 Å². The minimum absolute atomic E-state index is 0.179. The highest BCUT2D eigenvalue weighted by Gasteiger charge is 2.31. The standard InChI is InChI=1S/C11H22N2O3S/c1-4-13(10-5-7-12-8-6-10)11(14)9(2)17(3,15)16/h9-10,12H,4-8H2,1-3H3. The van der Waals surface area contributed by atoms with Crippen molar-refractivity contribution in [1.29, 1.82) is 0 Å². The number of piperidine rings is 1. The Morgan fingerprint density at radius 3 is 2.35 bits per heavy atom. The summed E-state index contributed by atoms with van der Waals surface area (Å²) in [4.78, 5) is 13.9. The first-order valence-corrected chi connectivity index (χ1v) is 8.03. The molecule has 6 heteroatoms. The van der Waals surface area contributed by atoms with Gasteiger partial charge in [-0.05, 0) is 39.8 Å². The number of amides is 1. The summed E-state index contributed by atoms with van der Waals surface area (Å²) < 4.78 is 22.8. The summed E-state index contributed by atoms with van der Waals surface area (Å²) in [7, 11) is -3.30. The Kier molecular flexibility index (Phi) is 4.94. The number of carbonyl (C=O) groups excluding carboxylic acids is 1. The fourth-order valence-corrected chi connectivity index (χ4v) is 2.63. The molecule has 1 fully saturated rings. The van der Waals surface area contributed by atoms with Crippen molar-refractivity contribution in [3.8, 4) is 0 Å². The summed E-state index contributed by atoms with van der Waals surface area (Å²) in [6.07, 6.45) is 2.91. The van der Waals surface area contributed by atoms with Crippen LogP contribution in [0.3, 0.4) is 0 Å². The molecular formula is C11H22N2O3S. The lowest BCUT2D eigenvalue weighted by Crippen LogP contribution is -2.50. The third-order valence-electron chi connectivity index (χ3n) is 3.36. The molecule has 0 aromatic carbocycles. The molecule has 1 saturated heterocycles. The van der Waals surface area contributed by atoms with Crippen molar-refractivity contribution in [3.05, 3.63) is 0 Å². The van der Waals surface area contributed by atoms with Crippen molar-refractivity contribution in [1.82, 2.24) is 10.2 Å². The zero-order chi connectivity index (χ0) is 13.1. The Hall–Kier alpha value is -0.620. The lowest BCUT2D eigenvalue weighted by molar-refractivity contribution is -0.133. The lowest BCUT2D eigenvalue weighted by atomic mass is 10.0. The Balaban J connectivity index is 2.76. The summed E-state index contributed by atoms with van der Waals surface area (Å²) in [5.41, 5.74) is 0. The van der Waals surface area contributed by atoms with Crippen LogP contribution in [0, 0.1) is 0 Å². The topological polar surface area (TPSA) is 66.5 Å². The van der Waals surface area contributed by atoms with Crippen molar-refractivity contribution in [2.45, 2.75) is 38.0 Å². The van der Waals surface area contributed by atoms with E-state index in [1.54, 1.807) is 4.90 Å². The monoisotopic (exact) mass is 262 g/mol. The second kappa shape index (κ2) is 5.82. The number of hydrogen-bond acceptors (Lipinski definition) is 4. The molecule has 0 saturated carbocycles. The fourth-order valence-electron chi connectivity index (χ4n) is 2.13. The molecule has 1 rings (SSSR count). The number of sulfone groups is 1. The summed E-state index contributed by atoms with van der Waals surface area (Å²) >= 11 is 0. The Morgan fingerprint density at radius 1 is 1.41 bits per heavy atom. The van der Waals surface area contributed by atoms with Crippen molar-refractivity contribution in [2.24, 2.45) is 0 Å². The molecule has 0 radical (unpaired) electrons. The predicted molar refractivity (Wildman–Crippen MR) is 67.6 cm³/mol. The largest absolute Gasteiger partial charge is 0.339 e. The number of nitrogens with zero attached hydrogens (tertiary/aromatic N) is 1. The summed E-state index contributed by atoms with van der Waals surface area (Å²) in [5, 5.41) is 2.30. The lowest BCUT2D eigenvalue weighted by Gasteiger charge is -2.35. The van der Waals surface area contributed by atoms with Crippen LogP contribution < -0.4 is 5.32 Å². The van der Waals surface area contributed by atoms with Gasteiger partial charge < -0.3 is 10.2 Å². The molecule has 5 nitrogen and oxygen atoms in total. The van der Waals surface area contributed by atoms with E-state index >= 15 is 0 Å². The van der Waals surface area contributed by atoms with Gasteiger partial charge in [0, 0.05) is 18.8 Å². The average Bonchev–Trinajstić information content (AvgIpc) is 2.29. The number of hydrogen-bond donors (Lipinski definition) is 1. The van der Waals surface area contributed by atoms with E-state index in [-0.39, 0.29) is 11.9 Å². The molecule has 1 amide bonds. The Morgan fingerprint density at radius 2 is 1.94 bits per heavy atom. The van der Waals surface area contributed by atoms with E-state index in [0.29, 0.717) is 6.54 Å². The van der Waals surface area contributed by atoms with Crippen molar-refractivity contribution < 1.29 is 13.2 Å². The molecule has 0 aromatic heterocycles. The summed E-state index contributed by atoms with van der Waals surface area (Å²) in [5.74, 6) is -0.262. The van der Waals surface area contributed by atoms with E-state index in [9.17, 15) is 13.2 Å². The first-order valence-electron chi connectivity index (χ1n) is 6.08. The third kappa shape index (κ3) is 3.67. The van der Waals surface area contributed by atoms with E-state index < -0.39 is 15.1 Å². The van der Waals surface area contributed by atoms with Crippen LogP contribution in [0.4, 0.5) is 0 Å². The average molecular weight is 262 g/mol. The molecule has 1 N–H and O–H groups in total. The second-order valence-electron chi connectivity index (χ2n) is 4.58. The van der Waals surface area contributed by atoms with Crippen LogP contribution in [0.2, 0.25) is 0 Å². The predicted octanol–water partition coefficient (Wildman–Crippen LogP) is 0.0200. The molecule has 1 heterocycles. The fraction of sp³-hybridized carbons (Fsp3) is 0.909. The third-order valence-corrected chi connectivity index (χ3v) is 4.85. The molecule has 1 atom stereocenters. The molecule has 0 bridgehead atoms. The molecule has 17 heavy (non-hydrogen) atoms. The van der Waals surface area contributed by atoms with Gasteiger partial charge in [0.1, 0.15) is 5.25 Å². The van der Waals surface area contributed by atoms with Crippen LogP contribution in [-0.4, -0.2) is 56.4 Å². The maximum absolute atomic E-state index is 12.1. The van der Waals surface area contributed by atoms with Crippen molar-refractivity contribution >= 4 is 15.7 Å². The minimum atomic E-state index is -3.30. The van der Waals surface area contributed by atoms with Gasteiger partial charge in [-0.1, -0.05) is 0 Å². The molecule has 0 aromatic rings. The number of carbonyl (C=O) groups is 1. The van der Waals surface area contributed by atoms with Gasteiger partial charge in [0.2, 0.25) is 5.91 Å². The zero-order valence-electron chi connectivity index (χ0n) is 10.8. The maximum atomic E-state index is 12.1. The van der Waals surface area contributed by atoms with Crippen LogP contribution in [0.15, 0.2) is 0 Å². The van der Waals surface area contributed by atoms with Crippen LogP contribution in [-0.2, 0) is 14.6 Å². The maximum Gasteiger partial charge on any atom is 0.240 e. The van der Waals surface area contributed by atoms with E-state index in [1.165, 1.54) is 6.92 Å². The van der Waals surface area contributed by atoms with Gasteiger partial charge in [0.25, 0.3) is 0 Å². The summed E-state index contributed by atoms with van der Waals surface area (Å²) in [6, 6.07) is 0.179. The molecular weight excluding hydrogens is 240 g/mol. The highest BCUT2D eigenvalue weighted by atomic mass is 32.2. The minimum Gasteiger partial charge on any atom is -0.339 e. The molecule has 1 aliphatic heterocycles. The van der Waals surface area contributed by atoms with Gasteiger partial charge >= 0.3 is 0 Å². The smallest absolute Gasteiger partial charge is 0.240 e. The van der Waals surface area contributed by atoms with Crippen molar-refractivity contribution in [3.63, 3.8) is 0 Å². The van der Waals surface area contributed by atoms with E-state index in [0.717, 1.165) is 32.2 Å². The van der Waals surface area contributed by atoms with E-state index in [2.05, 4.69) is 5.32 Å². The quantitative estimate of drug-likeness (QED) is 0.775. The Labute approximate surface area is 103 Å². The normalized spacial score (nSPS) is 19.9. The van der Waals surface area contributed by atoms with Gasteiger partial charge in [0.15, 0.2) is 9.84 Å². The van der Waals surface area contributed by atoms with Gasteiger partial charge in [-0.3, -0.25) is 4.79 Å². The SMILES string of the molecule is CCN(C(=O)C(C)S(C)(=O)=O)C1CCNCC1. The van der Waals surface area contributed by atoms with Crippen LogP contribution in [0.25, 0.3) is 0 Å². The van der Waals surface area contributed by atoms with E-state index in [4.69, 9.17) is 0 Å².